The summed E-state index contributed by atoms with van der Waals surface area (Å²) in [7, 11) is 0. The highest BCUT2D eigenvalue weighted by atomic mass is 16.5. The van der Waals surface area contributed by atoms with E-state index in [0.29, 0.717) is 18.2 Å². The molecular weight excluding hydrogens is 298 g/mol. The van der Waals surface area contributed by atoms with E-state index >= 15 is 0 Å². The number of aromatic nitrogens is 2. The van der Waals surface area contributed by atoms with Gasteiger partial charge in [0, 0.05) is 12.3 Å². The minimum atomic E-state index is -0.979. The predicted octanol–water partition coefficient (Wildman–Crippen LogP) is 2.28. The van der Waals surface area contributed by atoms with Gasteiger partial charge in [0.25, 0.3) is 5.91 Å². The lowest BCUT2D eigenvalue weighted by atomic mass is 9.88. The van der Waals surface area contributed by atoms with Gasteiger partial charge in [-0.25, -0.2) is 0 Å². The summed E-state index contributed by atoms with van der Waals surface area (Å²) < 4.78 is 7.24. The molecule has 7 nitrogen and oxygen atoms in total. The van der Waals surface area contributed by atoms with Crippen molar-refractivity contribution in [3.8, 4) is 0 Å². The maximum atomic E-state index is 12.3. The van der Waals surface area contributed by atoms with Gasteiger partial charge in [0.05, 0.1) is 6.10 Å². The SMILES string of the molecule is CCC(OC1CCCC(C)C1)C(=O)Nc1ccn(CC(=O)O)n1. The molecule has 0 spiro atoms. The van der Waals surface area contributed by atoms with Gasteiger partial charge in [-0.15, -0.1) is 0 Å². The highest BCUT2D eigenvalue weighted by Gasteiger charge is 2.26. The first kappa shape index (κ1) is 17.5. The number of hydrogen-bond acceptors (Lipinski definition) is 4. The molecule has 0 bridgehead atoms. The van der Waals surface area contributed by atoms with Gasteiger partial charge in [0.1, 0.15) is 12.6 Å². The predicted molar refractivity (Wildman–Crippen MR) is 85.1 cm³/mol. The Morgan fingerprint density at radius 2 is 2.30 bits per heavy atom. The van der Waals surface area contributed by atoms with Crippen molar-refractivity contribution < 1.29 is 19.4 Å². The number of nitrogens with one attached hydrogen (secondary N) is 1. The lowest BCUT2D eigenvalue weighted by molar-refractivity contribution is -0.137. The van der Waals surface area contributed by atoms with E-state index < -0.39 is 12.1 Å². The van der Waals surface area contributed by atoms with Gasteiger partial charge >= 0.3 is 5.97 Å². The van der Waals surface area contributed by atoms with Crippen molar-refractivity contribution in [2.45, 2.75) is 64.7 Å². The third-order valence-electron chi connectivity index (χ3n) is 4.10. The number of aliphatic carboxylic acids is 1. The van der Waals surface area contributed by atoms with Gasteiger partial charge < -0.3 is 15.2 Å². The Kier molecular flexibility index (Phi) is 6.15. The number of carbonyl (C=O) groups is 2. The Balaban J connectivity index is 1.89. The number of carboxylic acid groups (broad SMARTS) is 1. The van der Waals surface area contributed by atoms with Crippen molar-refractivity contribution in [1.82, 2.24) is 9.78 Å². The van der Waals surface area contributed by atoms with Gasteiger partial charge in [-0.05, 0) is 25.2 Å². The summed E-state index contributed by atoms with van der Waals surface area (Å²) in [6, 6.07) is 1.58. The molecule has 1 heterocycles. The van der Waals surface area contributed by atoms with Gasteiger partial charge in [0.15, 0.2) is 5.82 Å². The molecule has 0 saturated heterocycles. The van der Waals surface area contributed by atoms with Crippen molar-refractivity contribution >= 4 is 17.7 Å². The quantitative estimate of drug-likeness (QED) is 0.803. The molecule has 1 aliphatic carbocycles. The normalized spacial score (nSPS) is 22.5. The van der Waals surface area contributed by atoms with E-state index in [0.717, 1.165) is 19.3 Å². The van der Waals surface area contributed by atoms with Crippen LogP contribution in [0.5, 0.6) is 0 Å². The lowest BCUT2D eigenvalue weighted by Crippen LogP contribution is -2.35. The molecular formula is C16H25N3O4. The van der Waals surface area contributed by atoms with Crippen LogP contribution in [0.1, 0.15) is 46.0 Å². The van der Waals surface area contributed by atoms with E-state index in [1.807, 2.05) is 6.92 Å². The van der Waals surface area contributed by atoms with Crippen LogP contribution in [0, 0.1) is 5.92 Å². The summed E-state index contributed by atoms with van der Waals surface area (Å²) in [4.78, 5) is 23.0. The van der Waals surface area contributed by atoms with E-state index in [-0.39, 0.29) is 18.6 Å². The zero-order chi connectivity index (χ0) is 16.8. The van der Waals surface area contributed by atoms with Crippen molar-refractivity contribution in [2.24, 2.45) is 5.92 Å². The van der Waals surface area contributed by atoms with E-state index in [2.05, 4.69) is 17.3 Å². The average molecular weight is 323 g/mol. The van der Waals surface area contributed by atoms with Crippen LogP contribution < -0.4 is 5.32 Å². The summed E-state index contributed by atoms with van der Waals surface area (Å²) in [5.74, 6) is -0.227. The van der Waals surface area contributed by atoms with Gasteiger partial charge in [0.2, 0.25) is 0 Å². The van der Waals surface area contributed by atoms with E-state index in [1.165, 1.54) is 17.3 Å². The van der Waals surface area contributed by atoms with Gasteiger partial charge in [-0.1, -0.05) is 26.7 Å². The van der Waals surface area contributed by atoms with Crippen LogP contribution in [-0.2, 0) is 20.9 Å². The highest BCUT2D eigenvalue weighted by molar-refractivity contribution is 5.93. The highest BCUT2D eigenvalue weighted by Crippen LogP contribution is 2.27. The largest absolute Gasteiger partial charge is 0.480 e. The monoisotopic (exact) mass is 323 g/mol. The van der Waals surface area contributed by atoms with Crippen LogP contribution in [0.3, 0.4) is 0 Å². The topological polar surface area (TPSA) is 93.5 Å². The van der Waals surface area contributed by atoms with Crippen LogP contribution in [0.15, 0.2) is 12.3 Å². The molecule has 0 aliphatic heterocycles. The first-order valence-corrected chi connectivity index (χ1v) is 8.19. The number of nitrogens with zero attached hydrogens (tertiary/aromatic N) is 2. The molecule has 3 atom stereocenters. The van der Waals surface area contributed by atoms with Gasteiger partial charge in [-0.3, -0.25) is 14.3 Å². The Morgan fingerprint density at radius 3 is 2.96 bits per heavy atom. The van der Waals surface area contributed by atoms with Crippen LogP contribution in [0.2, 0.25) is 0 Å². The molecule has 128 valence electrons. The molecule has 3 unspecified atom stereocenters. The van der Waals surface area contributed by atoms with Crippen molar-refractivity contribution in [1.29, 1.82) is 0 Å². The third kappa shape index (κ3) is 5.35. The second-order valence-electron chi connectivity index (χ2n) is 6.21. The standard InChI is InChI=1S/C16H25N3O4/c1-3-13(23-12-6-4-5-11(2)9-12)16(22)17-14-7-8-19(18-14)10-15(20)21/h7-8,11-13H,3-6,9-10H2,1-2H3,(H,20,21)(H,17,18,22). The Bertz CT molecular complexity index is 543. The molecule has 1 aliphatic rings. The zero-order valence-electron chi connectivity index (χ0n) is 13.7. The fourth-order valence-corrected chi connectivity index (χ4v) is 2.94. The van der Waals surface area contributed by atoms with E-state index in [4.69, 9.17) is 9.84 Å². The van der Waals surface area contributed by atoms with Crippen LogP contribution in [0.25, 0.3) is 0 Å². The second-order valence-corrected chi connectivity index (χ2v) is 6.21. The molecule has 1 aromatic heterocycles. The molecule has 2 rings (SSSR count). The Morgan fingerprint density at radius 1 is 1.52 bits per heavy atom. The summed E-state index contributed by atoms with van der Waals surface area (Å²) in [6.07, 6.45) is 6.11. The fraction of sp³-hybridized carbons (Fsp3) is 0.688. The number of ether oxygens (including phenoxy) is 1. The summed E-state index contributed by atoms with van der Waals surface area (Å²) in [6.45, 7) is 3.90. The summed E-state index contributed by atoms with van der Waals surface area (Å²) in [5.41, 5.74) is 0. The number of carbonyl (C=O) groups excluding carboxylic acids is 1. The first-order chi connectivity index (χ1) is 11.0. The molecule has 23 heavy (non-hydrogen) atoms. The summed E-state index contributed by atoms with van der Waals surface area (Å²) >= 11 is 0. The first-order valence-electron chi connectivity index (χ1n) is 8.19. The number of anilines is 1. The minimum absolute atomic E-state index is 0.138. The number of carboxylic acids is 1. The average Bonchev–Trinajstić information content (AvgIpc) is 2.91. The zero-order valence-corrected chi connectivity index (χ0v) is 13.7. The molecule has 0 radical (unpaired) electrons. The maximum absolute atomic E-state index is 12.3. The minimum Gasteiger partial charge on any atom is -0.480 e. The van der Waals surface area contributed by atoms with Crippen molar-refractivity contribution in [2.75, 3.05) is 5.32 Å². The van der Waals surface area contributed by atoms with Crippen LogP contribution in [0.4, 0.5) is 5.82 Å². The van der Waals surface area contributed by atoms with Gasteiger partial charge in [-0.2, -0.15) is 5.10 Å². The molecule has 1 amide bonds. The second kappa shape index (κ2) is 8.10. The maximum Gasteiger partial charge on any atom is 0.325 e. The van der Waals surface area contributed by atoms with Crippen molar-refractivity contribution in [3.63, 3.8) is 0 Å². The number of rotatable bonds is 7. The fourth-order valence-electron chi connectivity index (χ4n) is 2.94. The van der Waals surface area contributed by atoms with Crippen LogP contribution in [-0.4, -0.2) is 39.0 Å². The molecule has 1 saturated carbocycles. The number of amides is 1. The Labute approximate surface area is 136 Å². The molecule has 7 heteroatoms. The number of hydrogen-bond donors (Lipinski definition) is 2. The smallest absolute Gasteiger partial charge is 0.325 e. The Hall–Kier alpha value is -1.89. The molecule has 0 aromatic carbocycles. The summed E-state index contributed by atoms with van der Waals surface area (Å²) in [5, 5.41) is 15.4. The van der Waals surface area contributed by atoms with E-state index in [9.17, 15) is 9.59 Å². The molecule has 1 fully saturated rings. The van der Waals surface area contributed by atoms with Crippen LogP contribution >= 0.6 is 0 Å². The molecule has 2 N–H and O–H groups in total. The van der Waals surface area contributed by atoms with E-state index in [1.54, 1.807) is 6.07 Å². The van der Waals surface area contributed by atoms with Crippen molar-refractivity contribution in [3.05, 3.63) is 12.3 Å². The lowest BCUT2D eigenvalue weighted by Gasteiger charge is -2.29. The molecule has 1 aromatic rings. The third-order valence-corrected chi connectivity index (χ3v) is 4.10.